The maximum absolute atomic E-state index is 13.1. The number of esters is 4. The zero-order valence-electron chi connectivity index (χ0n) is 69.0. The van der Waals surface area contributed by atoms with E-state index in [0.717, 1.165) is 102 Å². The molecule has 0 aliphatic heterocycles. The Hall–Kier alpha value is -1.94. The molecule has 0 fully saturated rings. The van der Waals surface area contributed by atoms with E-state index in [-0.39, 0.29) is 25.7 Å². The number of aliphatic hydroxyl groups excluding tert-OH is 1. The fraction of sp³-hybridized carbons (Fsp3) is 0.953. The van der Waals surface area contributed by atoms with Crippen LogP contribution in [-0.4, -0.2) is 96.7 Å². The van der Waals surface area contributed by atoms with Crippen molar-refractivity contribution in [2.75, 3.05) is 39.6 Å². The first-order chi connectivity index (χ1) is 50.9. The monoisotopic (exact) mass is 1540 g/mol. The van der Waals surface area contributed by atoms with Crippen molar-refractivity contribution >= 4 is 39.5 Å². The minimum Gasteiger partial charge on any atom is -0.462 e. The molecule has 0 heterocycles. The number of aliphatic hydroxyl groups is 1. The van der Waals surface area contributed by atoms with E-state index in [1.807, 2.05) is 0 Å². The molecule has 0 bridgehead atoms. The highest BCUT2D eigenvalue weighted by atomic mass is 31.2. The highest BCUT2D eigenvalue weighted by Gasteiger charge is 2.30. The standard InChI is InChI=1S/C86H168O17P2/c1-7-10-12-14-16-18-20-22-24-26-27-32-35-39-43-50-56-62-68-83(88)96-74-81(102-85(90)71-65-59-53-45-41-37-33-29-28-30-34-38-42-48-54-60-66-78(4)5)76-100-104(92,93)98-72-80(87)73-99-105(94,95)101-77-82(75-97-84(89)69-63-57-51-47-46-49-55-61-67-79(6)9-3)103-86(91)70-64-58-52-44-40-36-31-25-23-21-19-17-15-13-11-8-2/h78-82,87H,7-77H2,1-6H3,(H,92,93)(H,94,95)/t79?,80-,81-,82-/m1/s1. The summed E-state index contributed by atoms with van der Waals surface area (Å²) in [5, 5.41) is 10.7. The minimum absolute atomic E-state index is 0.108. The zero-order chi connectivity index (χ0) is 77.1. The number of phosphoric acid groups is 2. The molecule has 0 radical (unpaired) electrons. The third-order valence-corrected chi connectivity index (χ3v) is 22.5. The number of unbranched alkanes of at least 4 members (excludes halogenated alkanes) is 54. The van der Waals surface area contributed by atoms with Crippen LogP contribution < -0.4 is 0 Å². The topological polar surface area (TPSA) is 237 Å². The first kappa shape index (κ1) is 103. The second-order valence-corrected chi connectivity index (χ2v) is 34.6. The normalized spacial score (nSPS) is 14.1. The third-order valence-electron chi connectivity index (χ3n) is 20.6. The summed E-state index contributed by atoms with van der Waals surface area (Å²) in [5.74, 6) is -0.514. The van der Waals surface area contributed by atoms with Gasteiger partial charge in [-0.3, -0.25) is 37.3 Å². The van der Waals surface area contributed by atoms with Crippen LogP contribution >= 0.6 is 15.6 Å². The fourth-order valence-corrected chi connectivity index (χ4v) is 15.0. The third kappa shape index (κ3) is 78.5. The van der Waals surface area contributed by atoms with Crippen molar-refractivity contribution in [2.24, 2.45) is 11.8 Å². The van der Waals surface area contributed by atoms with Crippen LogP contribution in [0.5, 0.6) is 0 Å². The van der Waals surface area contributed by atoms with Gasteiger partial charge in [0, 0.05) is 25.7 Å². The SMILES string of the molecule is CCCCCCCCCCCCCCCCCCCCC(=O)OC[C@H](COP(=O)(O)OC[C@@H](O)COP(=O)(O)OC[C@@H](COC(=O)CCCCCCCCCCC(C)CC)OC(=O)CCCCCCCCCCCCCCCCCC)OC(=O)CCCCCCCCCCCCCCCCCCC(C)C. The van der Waals surface area contributed by atoms with Crippen LogP contribution in [0.15, 0.2) is 0 Å². The van der Waals surface area contributed by atoms with E-state index < -0.39 is 97.5 Å². The Kier molecular flexibility index (Phi) is 76.0. The summed E-state index contributed by atoms with van der Waals surface area (Å²) in [5.41, 5.74) is 0. The summed E-state index contributed by atoms with van der Waals surface area (Å²) in [6.45, 7) is 9.71. The van der Waals surface area contributed by atoms with E-state index in [0.29, 0.717) is 25.7 Å². The Bertz CT molecular complexity index is 2010. The molecule has 19 heteroatoms. The average molecular weight is 1540 g/mol. The molecule has 0 aliphatic rings. The van der Waals surface area contributed by atoms with Crippen LogP contribution in [0.1, 0.15) is 459 Å². The lowest BCUT2D eigenvalue weighted by Gasteiger charge is -2.21. The molecule has 6 atom stereocenters. The molecule has 3 N–H and O–H groups in total. The van der Waals surface area contributed by atoms with E-state index in [2.05, 4.69) is 41.5 Å². The molecule has 0 aromatic heterocycles. The maximum atomic E-state index is 13.1. The fourth-order valence-electron chi connectivity index (χ4n) is 13.4. The van der Waals surface area contributed by atoms with Crippen molar-refractivity contribution in [2.45, 2.75) is 477 Å². The van der Waals surface area contributed by atoms with Gasteiger partial charge in [0.15, 0.2) is 12.2 Å². The van der Waals surface area contributed by atoms with Gasteiger partial charge < -0.3 is 33.8 Å². The predicted octanol–water partition coefficient (Wildman–Crippen LogP) is 26.2. The van der Waals surface area contributed by atoms with Gasteiger partial charge in [-0.15, -0.1) is 0 Å². The number of carbonyl (C=O) groups is 4. The largest absolute Gasteiger partial charge is 0.472 e. The van der Waals surface area contributed by atoms with Gasteiger partial charge >= 0.3 is 39.5 Å². The van der Waals surface area contributed by atoms with Crippen molar-refractivity contribution in [3.8, 4) is 0 Å². The molecule has 0 aromatic carbocycles. The Morgan fingerprint density at radius 2 is 0.486 bits per heavy atom. The van der Waals surface area contributed by atoms with Crippen molar-refractivity contribution in [3.05, 3.63) is 0 Å². The Labute approximate surface area is 645 Å². The number of hydrogen-bond donors (Lipinski definition) is 3. The second-order valence-electron chi connectivity index (χ2n) is 31.6. The summed E-state index contributed by atoms with van der Waals surface area (Å²) in [6.07, 6.45) is 69.3. The lowest BCUT2D eigenvalue weighted by atomic mass is 9.99. The molecule has 0 rings (SSSR count). The quantitative estimate of drug-likeness (QED) is 0.0222. The van der Waals surface area contributed by atoms with Crippen LogP contribution in [0.4, 0.5) is 0 Å². The van der Waals surface area contributed by atoms with E-state index >= 15 is 0 Å². The Balaban J connectivity index is 5.26. The van der Waals surface area contributed by atoms with Gasteiger partial charge in [0.05, 0.1) is 26.4 Å². The van der Waals surface area contributed by atoms with E-state index in [9.17, 15) is 43.2 Å². The van der Waals surface area contributed by atoms with Crippen LogP contribution in [0.3, 0.4) is 0 Å². The first-order valence-electron chi connectivity index (χ1n) is 44.5. The summed E-state index contributed by atoms with van der Waals surface area (Å²) in [6, 6.07) is 0. The summed E-state index contributed by atoms with van der Waals surface area (Å²) in [7, 11) is -9.93. The zero-order valence-corrected chi connectivity index (χ0v) is 70.8. The van der Waals surface area contributed by atoms with Gasteiger partial charge in [0.2, 0.25) is 0 Å². The number of carbonyl (C=O) groups excluding carboxylic acids is 4. The highest BCUT2D eigenvalue weighted by Crippen LogP contribution is 2.45. The number of phosphoric ester groups is 2. The predicted molar refractivity (Wildman–Crippen MR) is 432 cm³/mol. The summed E-state index contributed by atoms with van der Waals surface area (Å²) < 4.78 is 68.9. The van der Waals surface area contributed by atoms with Crippen LogP contribution in [0, 0.1) is 11.8 Å². The van der Waals surface area contributed by atoms with Gasteiger partial charge in [-0.25, -0.2) is 9.13 Å². The molecule has 624 valence electrons. The highest BCUT2D eigenvalue weighted by molar-refractivity contribution is 7.47. The molecule has 0 saturated heterocycles. The van der Waals surface area contributed by atoms with Crippen LogP contribution in [-0.2, 0) is 65.4 Å². The molecule has 0 aromatic rings. The smallest absolute Gasteiger partial charge is 0.462 e. The molecule has 105 heavy (non-hydrogen) atoms. The molecule has 0 amide bonds. The lowest BCUT2D eigenvalue weighted by Crippen LogP contribution is -2.30. The molecule has 0 aliphatic carbocycles. The minimum atomic E-state index is -4.97. The number of hydrogen-bond acceptors (Lipinski definition) is 15. The van der Waals surface area contributed by atoms with E-state index in [1.54, 1.807) is 0 Å². The van der Waals surface area contributed by atoms with Gasteiger partial charge in [0.25, 0.3) is 0 Å². The summed E-state index contributed by atoms with van der Waals surface area (Å²) in [4.78, 5) is 73.3. The van der Waals surface area contributed by atoms with Crippen molar-refractivity contribution < 1.29 is 80.2 Å². The number of ether oxygens (including phenoxy) is 4. The van der Waals surface area contributed by atoms with Crippen LogP contribution in [0.25, 0.3) is 0 Å². The maximum Gasteiger partial charge on any atom is 0.472 e. The van der Waals surface area contributed by atoms with Gasteiger partial charge in [-0.1, -0.05) is 408 Å². The average Bonchev–Trinajstić information content (AvgIpc) is 0.913. The first-order valence-corrected chi connectivity index (χ1v) is 47.5. The van der Waals surface area contributed by atoms with Crippen molar-refractivity contribution in [3.63, 3.8) is 0 Å². The van der Waals surface area contributed by atoms with Gasteiger partial charge in [0.1, 0.15) is 19.3 Å². The molecule has 17 nitrogen and oxygen atoms in total. The van der Waals surface area contributed by atoms with E-state index in [4.69, 9.17) is 37.0 Å². The molecule has 0 saturated carbocycles. The molecule has 0 spiro atoms. The van der Waals surface area contributed by atoms with Crippen molar-refractivity contribution in [1.82, 2.24) is 0 Å². The van der Waals surface area contributed by atoms with Crippen LogP contribution in [0.2, 0.25) is 0 Å². The van der Waals surface area contributed by atoms with Gasteiger partial charge in [-0.05, 0) is 37.5 Å². The molecular formula is C86H168O17P2. The Morgan fingerprint density at radius 3 is 0.724 bits per heavy atom. The Morgan fingerprint density at radius 1 is 0.276 bits per heavy atom. The second kappa shape index (κ2) is 77.4. The summed E-state index contributed by atoms with van der Waals surface area (Å²) >= 11 is 0. The van der Waals surface area contributed by atoms with Gasteiger partial charge in [-0.2, -0.15) is 0 Å². The molecular weight excluding hydrogens is 1370 g/mol. The molecule has 3 unspecified atom stereocenters. The lowest BCUT2D eigenvalue weighted by molar-refractivity contribution is -0.161. The van der Waals surface area contributed by atoms with Crippen molar-refractivity contribution in [1.29, 1.82) is 0 Å². The number of rotatable bonds is 85. The van der Waals surface area contributed by atoms with E-state index in [1.165, 1.54) is 276 Å².